The number of carbonyl (C=O) groups is 1. The molecule has 6 heteroatoms. The molecule has 25 heavy (non-hydrogen) atoms. The summed E-state index contributed by atoms with van der Waals surface area (Å²) in [5, 5.41) is 8.01. The van der Waals surface area contributed by atoms with Gasteiger partial charge in [0.05, 0.1) is 5.69 Å². The summed E-state index contributed by atoms with van der Waals surface area (Å²) in [5.41, 5.74) is 1.96. The maximum absolute atomic E-state index is 12.7. The molecule has 1 amide bonds. The van der Waals surface area contributed by atoms with Crippen LogP contribution in [-0.4, -0.2) is 33.8 Å². The van der Waals surface area contributed by atoms with E-state index in [0.717, 1.165) is 11.3 Å². The summed E-state index contributed by atoms with van der Waals surface area (Å²) in [5.74, 6) is 0.904. The Morgan fingerprint density at radius 2 is 1.92 bits per heavy atom. The second-order valence-electron chi connectivity index (χ2n) is 5.81. The average Bonchev–Trinajstić information content (AvgIpc) is 3.11. The van der Waals surface area contributed by atoms with Crippen molar-refractivity contribution < 1.29 is 9.53 Å². The zero-order valence-electron chi connectivity index (χ0n) is 14.5. The number of aryl methyl sites for hydroxylation is 1. The van der Waals surface area contributed by atoms with Gasteiger partial charge in [0.25, 0.3) is 5.91 Å². The molecule has 0 aliphatic heterocycles. The van der Waals surface area contributed by atoms with E-state index in [0.29, 0.717) is 11.7 Å². The van der Waals surface area contributed by atoms with Gasteiger partial charge in [0.15, 0.2) is 6.10 Å². The number of para-hydroxylation sites is 1. The summed E-state index contributed by atoms with van der Waals surface area (Å²) in [4.78, 5) is 14.2. The van der Waals surface area contributed by atoms with Crippen LogP contribution in [0.3, 0.4) is 0 Å². The Morgan fingerprint density at radius 3 is 2.64 bits per heavy atom. The van der Waals surface area contributed by atoms with E-state index in [-0.39, 0.29) is 5.91 Å². The molecular formula is C19H20N4O2. The van der Waals surface area contributed by atoms with Crippen molar-refractivity contribution in [3.8, 4) is 11.4 Å². The highest BCUT2D eigenvalue weighted by Gasteiger charge is 2.24. The van der Waals surface area contributed by atoms with Crippen molar-refractivity contribution in [1.29, 1.82) is 0 Å². The number of hydrogen-bond acceptors (Lipinski definition) is 4. The SMILES string of the molecule is Cc1cccc(O[C@@H](C)C(=O)N(C)c2nncn2-c2ccccc2)c1. The van der Waals surface area contributed by atoms with Gasteiger partial charge in [0, 0.05) is 7.05 Å². The molecule has 0 unspecified atom stereocenters. The second kappa shape index (κ2) is 7.17. The molecule has 0 fully saturated rings. The summed E-state index contributed by atoms with van der Waals surface area (Å²) >= 11 is 0. The Labute approximate surface area is 146 Å². The van der Waals surface area contributed by atoms with E-state index in [1.165, 1.54) is 4.90 Å². The maximum atomic E-state index is 12.7. The number of carbonyl (C=O) groups excluding carboxylic acids is 1. The molecule has 1 aromatic heterocycles. The standard InChI is InChI=1S/C19H20N4O2/c1-14-8-7-11-17(12-14)25-15(2)18(24)22(3)19-21-20-13-23(19)16-9-5-4-6-10-16/h4-13,15H,1-3H3/t15-/m0/s1. The van der Waals surface area contributed by atoms with Crippen LogP contribution in [0.4, 0.5) is 5.95 Å². The number of amides is 1. The molecule has 3 rings (SSSR count). The first kappa shape index (κ1) is 16.7. The molecule has 0 bridgehead atoms. The molecular weight excluding hydrogens is 316 g/mol. The van der Waals surface area contributed by atoms with Gasteiger partial charge in [0.2, 0.25) is 5.95 Å². The topological polar surface area (TPSA) is 60.2 Å². The van der Waals surface area contributed by atoms with E-state index in [1.807, 2.05) is 61.5 Å². The van der Waals surface area contributed by atoms with Crippen molar-refractivity contribution in [1.82, 2.24) is 14.8 Å². The van der Waals surface area contributed by atoms with Gasteiger partial charge in [-0.25, -0.2) is 0 Å². The Balaban J connectivity index is 1.78. The monoisotopic (exact) mass is 336 g/mol. The first-order valence-corrected chi connectivity index (χ1v) is 8.02. The van der Waals surface area contributed by atoms with Gasteiger partial charge >= 0.3 is 0 Å². The predicted octanol–water partition coefficient (Wildman–Crippen LogP) is 3.01. The number of aromatic nitrogens is 3. The van der Waals surface area contributed by atoms with Crippen molar-refractivity contribution in [2.75, 3.05) is 11.9 Å². The van der Waals surface area contributed by atoms with Gasteiger partial charge in [-0.15, -0.1) is 10.2 Å². The summed E-state index contributed by atoms with van der Waals surface area (Å²) in [6.07, 6.45) is 0.938. The van der Waals surface area contributed by atoms with Crippen LogP contribution < -0.4 is 9.64 Å². The number of benzene rings is 2. The molecule has 0 spiro atoms. The quantitative estimate of drug-likeness (QED) is 0.718. The van der Waals surface area contributed by atoms with Gasteiger partial charge in [0.1, 0.15) is 12.1 Å². The highest BCUT2D eigenvalue weighted by Crippen LogP contribution is 2.19. The van der Waals surface area contributed by atoms with E-state index in [4.69, 9.17) is 4.74 Å². The molecule has 0 saturated heterocycles. The molecule has 0 aliphatic carbocycles. The number of rotatable bonds is 5. The Kier molecular flexibility index (Phi) is 4.79. The summed E-state index contributed by atoms with van der Waals surface area (Å²) < 4.78 is 7.53. The fraction of sp³-hybridized carbons (Fsp3) is 0.211. The third-order valence-electron chi connectivity index (χ3n) is 3.84. The van der Waals surface area contributed by atoms with E-state index in [2.05, 4.69) is 10.2 Å². The van der Waals surface area contributed by atoms with Crippen LogP contribution in [0, 0.1) is 6.92 Å². The molecule has 1 atom stereocenters. The first-order valence-electron chi connectivity index (χ1n) is 8.02. The van der Waals surface area contributed by atoms with Crippen LogP contribution in [-0.2, 0) is 4.79 Å². The van der Waals surface area contributed by atoms with Crippen LogP contribution in [0.5, 0.6) is 5.75 Å². The van der Waals surface area contributed by atoms with Crippen LogP contribution >= 0.6 is 0 Å². The maximum Gasteiger partial charge on any atom is 0.269 e. The summed E-state index contributed by atoms with van der Waals surface area (Å²) in [6, 6.07) is 17.2. The smallest absolute Gasteiger partial charge is 0.269 e. The van der Waals surface area contributed by atoms with Gasteiger partial charge in [-0.05, 0) is 43.7 Å². The number of hydrogen-bond donors (Lipinski definition) is 0. The largest absolute Gasteiger partial charge is 0.481 e. The summed E-state index contributed by atoms with van der Waals surface area (Å²) in [7, 11) is 1.67. The lowest BCUT2D eigenvalue weighted by atomic mass is 10.2. The van der Waals surface area contributed by atoms with E-state index in [1.54, 1.807) is 24.9 Å². The van der Waals surface area contributed by atoms with Gasteiger partial charge in [-0.3, -0.25) is 14.3 Å². The minimum absolute atomic E-state index is 0.202. The highest BCUT2D eigenvalue weighted by atomic mass is 16.5. The molecule has 1 heterocycles. The molecule has 0 N–H and O–H groups in total. The van der Waals surface area contributed by atoms with Crippen LogP contribution in [0.1, 0.15) is 12.5 Å². The Bertz CT molecular complexity index is 861. The molecule has 3 aromatic rings. The van der Waals surface area contributed by atoms with Crippen LogP contribution in [0.15, 0.2) is 60.9 Å². The molecule has 0 aliphatic rings. The predicted molar refractivity (Wildman–Crippen MR) is 96.0 cm³/mol. The third-order valence-corrected chi connectivity index (χ3v) is 3.84. The normalized spacial score (nSPS) is 11.8. The molecule has 2 aromatic carbocycles. The lowest BCUT2D eigenvalue weighted by molar-refractivity contribution is -0.124. The van der Waals surface area contributed by atoms with Gasteiger partial charge in [-0.2, -0.15) is 0 Å². The fourth-order valence-corrected chi connectivity index (χ4v) is 2.54. The van der Waals surface area contributed by atoms with Crippen molar-refractivity contribution in [2.24, 2.45) is 0 Å². The lowest BCUT2D eigenvalue weighted by Gasteiger charge is -2.21. The number of nitrogens with zero attached hydrogens (tertiary/aromatic N) is 4. The van der Waals surface area contributed by atoms with Crippen molar-refractivity contribution in [2.45, 2.75) is 20.0 Å². The number of anilines is 1. The molecule has 6 nitrogen and oxygen atoms in total. The number of likely N-dealkylation sites (N-methyl/N-ethyl adjacent to an activating group) is 1. The minimum atomic E-state index is -0.646. The average molecular weight is 336 g/mol. The summed E-state index contributed by atoms with van der Waals surface area (Å²) in [6.45, 7) is 3.71. The van der Waals surface area contributed by atoms with Crippen LogP contribution in [0.2, 0.25) is 0 Å². The van der Waals surface area contributed by atoms with E-state index >= 15 is 0 Å². The van der Waals surface area contributed by atoms with E-state index in [9.17, 15) is 4.79 Å². The molecule has 0 saturated carbocycles. The zero-order valence-corrected chi connectivity index (χ0v) is 14.5. The van der Waals surface area contributed by atoms with E-state index < -0.39 is 6.10 Å². The zero-order chi connectivity index (χ0) is 17.8. The lowest BCUT2D eigenvalue weighted by Crippen LogP contribution is -2.39. The second-order valence-corrected chi connectivity index (χ2v) is 5.81. The van der Waals surface area contributed by atoms with Crippen molar-refractivity contribution in [3.63, 3.8) is 0 Å². The van der Waals surface area contributed by atoms with Gasteiger partial charge in [-0.1, -0.05) is 30.3 Å². The molecule has 128 valence electrons. The van der Waals surface area contributed by atoms with Crippen molar-refractivity contribution >= 4 is 11.9 Å². The Morgan fingerprint density at radius 1 is 1.16 bits per heavy atom. The van der Waals surface area contributed by atoms with Crippen LogP contribution in [0.25, 0.3) is 5.69 Å². The highest BCUT2D eigenvalue weighted by molar-refractivity contribution is 5.94. The fourth-order valence-electron chi connectivity index (χ4n) is 2.54. The first-order chi connectivity index (χ1) is 12.1. The van der Waals surface area contributed by atoms with Crippen molar-refractivity contribution in [3.05, 3.63) is 66.5 Å². The third kappa shape index (κ3) is 3.68. The molecule has 0 radical (unpaired) electrons. The number of ether oxygens (including phenoxy) is 1. The van der Waals surface area contributed by atoms with Gasteiger partial charge < -0.3 is 4.74 Å². The Hall–Kier alpha value is -3.15. The minimum Gasteiger partial charge on any atom is -0.481 e.